The number of nitrogens with zero attached hydrogens (tertiary/aromatic N) is 3. The standard InChI is InChI=1S/C30H42N3O5/c1-5-35-14-15-36-16-17-37-21-30(34)38-22-33(4)13-11-29-27(20-33)26-18-23(2)6-9-28(26)32(29)12-10-25-8-7-24(3)31-19-25/h6-9,18-19H,5,10-17,20-22H2,1-4H3/q+1. The van der Waals surface area contributed by atoms with Crippen molar-refractivity contribution in [1.29, 1.82) is 0 Å². The molecule has 0 bridgehead atoms. The van der Waals surface area contributed by atoms with Crippen LogP contribution in [0.15, 0.2) is 36.5 Å². The quantitative estimate of drug-likeness (QED) is 0.181. The van der Waals surface area contributed by atoms with Gasteiger partial charge < -0.3 is 23.5 Å². The van der Waals surface area contributed by atoms with Crippen LogP contribution in [0.25, 0.3) is 10.9 Å². The maximum absolute atomic E-state index is 12.3. The molecule has 1 aromatic carbocycles. The number of ether oxygens (including phenoxy) is 4. The third-order valence-electron chi connectivity index (χ3n) is 7.17. The Kier molecular flexibility index (Phi) is 9.91. The molecule has 0 amide bonds. The van der Waals surface area contributed by atoms with Crippen LogP contribution in [0.3, 0.4) is 0 Å². The van der Waals surface area contributed by atoms with Crippen LogP contribution in [-0.4, -0.2) is 80.0 Å². The highest BCUT2D eigenvalue weighted by atomic mass is 16.6. The van der Waals surface area contributed by atoms with E-state index >= 15 is 0 Å². The van der Waals surface area contributed by atoms with Gasteiger partial charge in [-0.15, -0.1) is 0 Å². The molecule has 0 radical (unpaired) electrons. The van der Waals surface area contributed by atoms with Gasteiger partial charge in [0, 0.05) is 53.6 Å². The van der Waals surface area contributed by atoms with Crippen molar-refractivity contribution < 1.29 is 28.2 Å². The summed E-state index contributed by atoms with van der Waals surface area (Å²) in [6.07, 6.45) is 3.87. The van der Waals surface area contributed by atoms with Gasteiger partial charge in [0.1, 0.15) is 13.2 Å². The summed E-state index contributed by atoms with van der Waals surface area (Å²) in [5.74, 6) is -0.338. The second-order valence-electron chi connectivity index (χ2n) is 10.4. The van der Waals surface area contributed by atoms with Crippen LogP contribution in [0.5, 0.6) is 0 Å². The van der Waals surface area contributed by atoms with Gasteiger partial charge in [-0.1, -0.05) is 17.7 Å². The number of aryl methyl sites for hydroxylation is 4. The lowest BCUT2D eigenvalue weighted by molar-refractivity contribution is -0.940. The van der Waals surface area contributed by atoms with Gasteiger partial charge >= 0.3 is 5.97 Å². The Hall–Kier alpha value is -2.78. The molecule has 1 aliphatic rings. The first-order valence-corrected chi connectivity index (χ1v) is 13.6. The molecule has 3 aromatic rings. The number of carbonyl (C=O) groups is 1. The van der Waals surface area contributed by atoms with E-state index in [0.29, 0.717) is 44.2 Å². The van der Waals surface area contributed by atoms with E-state index < -0.39 is 0 Å². The summed E-state index contributed by atoms with van der Waals surface area (Å²) >= 11 is 0. The summed E-state index contributed by atoms with van der Waals surface area (Å²) in [7, 11) is 2.17. The van der Waals surface area contributed by atoms with E-state index in [1.807, 2.05) is 20.0 Å². The number of aromatic nitrogens is 2. The minimum atomic E-state index is -0.338. The normalized spacial score (nSPS) is 17.1. The molecule has 0 saturated carbocycles. The molecule has 4 rings (SSSR count). The molecule has 206 valence electrons. The first-order chi connectivity index (χ1) is 18.4. The van der Waals surface area contributed by atoms with Crippen LogP contribution in [0.4, 0.5) is 0 Å². The number of benzene rings is 1. The number of esters is 1. The summed E-state index contributed by atoms with van der Waals surface area (Å²) in [5, 5.41) is 1.31. The fraction of sp³-hybridized carbons (Fsp3) is 0.533. The lowest BCUT2D eigenvalue weighted by Crippen LogP contribution is -2.49. The first kappa shape index (κ1) is 28.2. The number of quaternary nitrogens is 1. The van der Waals surface area contributed by atoms with Crippen LogP contribution in [-0.2, 0) is 49.7 Å². The maximum Gasteiger partial charge on any atom is 0.336 e. The van der Waals surface area contributed by atoms with E-state index in [1.165, 1.54) is 33.3 Å². The molecule has 1 atom stereocenters. The van der Waals surface area contributed by atoms with Gasteiger partial charge in [-0.3, -0.25) is 9.47 Å². The number of hydrogen-bond acceptors (Lipinski definition) is 6. The summed E-state index contributed by atoms with van der Waals surface area (Å²) in [4.78, 5) is 16.8. The Labute approximate surface area is 226 Å². The number of pyridine rings is 1. The zero-order valence-electron chi connectivity index (χ0n) is 23.3. The lowest BCUT2D eigenvalue weighted by atomic mass is 10.0. The van der Waals surface area contributed by atoms with Gasteiger partial charge in [-0.25, -0.2) is 4.79 Å². The van der Waals surface area contributed by atoms with E-state index in [0.717, 1.165) is 38.2 Å². The van der Waals surface area contributed by atoms with Crippen molar-refractivity contribution in [2.24, 2.45) is 0 Å². The van der Waals surface area contributed by atoms with Crippen molar-refractivity contribution in [2.75, 3.05) is 60.0 Å². The Morgan fingerprint density at radius 3 is 2.61 bits per heavy atom. The molecule has 0 N–H and O–H groups in total. The van der Waals surface area contributed by atoms with E-state index in [4.69, 9.17) is 18.9 Å². The van der Waals surface area contributed by atoms with Crippen LogP contribution >= 0.6 is 0 Å². The van der Waals surface area contributed by atoms with E-state index in [2.05, 4.69) is 53.9 Å². The Balaban J connectivity index is 1.34. The average molecular weight is 525 g/mol. The number of carbonyl (C=O) groups excluding carboxylic acids is 1. The fourth-order valence-electron chi connectivity index (χ4n) is 5.05. The van der Waals surface area contributed by atoms with Crippen molar-refractivity contribution in [1.82, 2.24) is 9.55 Å². The van der Waals surface area contributed by atoms with Crippen molar-refractivity contribution in [3.63, 3.8) is 0 Å². The molecular weight excluding hydrogens is 482 g/mol. The molecule has 0 spiro atoms. The van der Waals surface area contributed by atoms with Gasteiger partial charge in [-0.2, -0.15) is 0 Å². The van der Waals surface area contributed by atoms with Crippen molar-refractivity contribution in [3.8, 4) is 0 Å². The smallest absolute Gasteiger partial charge is 0.336 e. The largest absolute Gasteiger partial charge is 0.413 e. The van der Waals surface area contributed by atoms with Gasteiger partial charge in [0.2, 0.25) is 6.73 Å². The zero-order chi connectivity index (χ0) is 27.0. The molecule has 8 heteroatoms. The van der Waals surface area contributed by atoms with E-state index in [9.17, 15) is 4.79 Å². The number of hydrogen-bond donors (Lipinski definition) is 0. The SMILES string of the molecule is CCOCCOCCOCC(=O)OC[N+]1(C)CCc2c(c3cc(C)ccc3n2CCc2ccc(C)nc2)C1. The molecule has 38 heavy (non-hydrogen) atoms. The predicted molar refractivity (Wildman–Crippen MR) is 147 cm³/mol. The maximum atomic E-state index is 12.3. The summed E-state index contributed by atoms with van der Waals surface area (Å²) in [6, 6.07) is 11.0. The lowest BCUT2D eigenvalue weighted by Gasteiger charge is -2.37. The van der Waals surface area contributed by atoms with Crippen LogP contribution < -0.4 is 0 Å². The molecule has 8 nitrogen and oxygen atoms in total. The Bertz CT molecular complexity index is 1210. The van der Waals surface area contributed by atoms with Crippen molar-refractivity contribution >= 4 is 16.9 Å². The molecule has 0 saturated heterocycles. The summed E-state index contributed by atoms with van der Waals surface area (Å²) in [5.41, 5.74) is 7.60. The number of likely N-dealkylation sites (N-methyl/N-ethyl adjacent to an activating group) is 1. The molecule has 1 aliphatic heterocycles. The highest BCUT2D eigenvalue weighted by Crippen LogP contribution is 2.34. The minimum absolute atomic E-state index is 0.0631. The molecule has 0 aliphatic carbocycles. The molecule has 2 aromatic heterocycles. The van der Waals surface area contributed by atoms with Crippen molar-refractivity contribution in [2.45, 2.75) is 46.7 Å². The van der Waals surface area contributed by atoms with E-state index in [1.54, 1.807) is 0 Å². The topological polar surface area (TPSA) is 71.8 Å². The van der Waals surface area contributed by atoms with Gasteiger partial charge in [0.15, 0.2) is 0 Å². The minimum Gasteiger partial charge on any atom is -0.413 e. The van der Waals surface area contributed by atoms with Crippen LogP contribution in [0.1, 0.15) is 35.0 Å². The number of rotatable bonds is 14. The predicted octanol–water partition coefficient (Wildman–Crippen LogP) is 3.97. The zero-order valence-corrected chi connectivity index (χ0v) is 23.3. The second kappa shape index (κ2) is 13.3. The third-order valence-corrected chi connectivity index (χ3v) is 7.17. The average Bonchev–Trinajstić information content (AvgIpc) is 3.20. The Morgan fingerprint density at radius 2 is 1.84 bits per heavy atom. The monoisotopic (exact) mass is 524 g/mol. The highest BCUT2D eigenvalue weighted by molar-refractivity contribution is 5.86. The summed E-state index contributed by atoms with van der Waals surface area (Å²) in [6.45, 7) is 11.6. The third kappa shape index (κ3) is 7.41. The number of fused-ring (bicyclic) bond motifs is 3. The molecule has 3 heterocycles. The van der Waals surface area contributed by atoms with Gasteiger partial charge in [-0.05, 0) is 51.0 Å². The first-order valence-electron chi connectivity index (χ1n) is 13.6. The van der Waals surface area contributed by atoms with E-state index in [-0.39, 0.29) is 12.6 Å². The molecule has 0 fully saturated rings. The Morgan fingerprint density at radius 1 is 1.05 bits per heavy atom. The molecule has 1 unspecified atom stereocenters. The molecular formula is C30H42N3O5+. The van der Waals surface area contributed by atoms with Gasteiger partial charge in [0.05, 0.1) is 40.0 Å². The second-order valence-corrected chi connectivity index (χ2v) is 10.4. The fourth-order valence-corrected chi connectivity index (χ4v) is 5.05. The van der Waals surface area contributed by atoms with Gasteiger partial charge in [0.25, 0.3) is 0 Å². The summed E-state index contributed by atoms with van der Waals surface area (Å²) < 4.78 is 24.8. The van der Waals surface area contributed by atoms with Crippen molar-refractivity contribution in [3.05, 3.63) is 64.6 Å². The van der Waals surface area contributed by atoms with Crippen LogP contribution in [0.2, 0.25) is 0 Å². The van der Waals surface area contributed by atoms with Crippen LogP contribution in [0, 0.1) is 13.8 Å². The highest BCUT2D eigenvalue weighted by Gasteiger charge is 2.34.